The van der Waals surface area contributed by atoms with Crippen LogP contribution in [0.15, 0.2) is 54.6 Å². The molecule has 1 aliphatic heterocycles. The lowest BCUT2D eigenvalue weighted by Crippen LogP contribution is -2.32. The number of ether oxygens (including phenoxy) is 1. The van der Waals surface area contributed by atoms with Crippen molar-refractivity contribution >= 4 is 0 Å². The molecular formula is C23H17F3N2O. The zero-order chi connectivity index (χ0) is 20.5. The van der Waals surface area contributed by atoms with Gasteiger partial charge in [-0.1, -0.05) is 18.2 Å². The van der Waals surface area contributed by atoms with Crippen molar-refractivity contribution in [3.63, 3.8) is 0 Å². The smallest absolute Gasteiger partial charge is 0.161 e. The van der Waals surface area contributed by atoms with Gasteiger partial charge in [0.1, 0.15) is 17.7 Å². The van der Waals surface area contributed by atoms with Crippen LogP contribution in [0.5, 0.6) is 5.75 Å². The molecule has 1 aliphatic rings. The van der Waals surface area contributed by atoms with E-state index in [1.165, 1.54) is 0 Å². The number of hydrogen-bond acceptors (Lipinski definition) is 3. The Morgan fingerprint density at radius 1 is 0.966 bits per heavy atom. The Bertz CT molecular complexity index is 1120. The molecule has 0 fully saturated rings. The number of nitriles is 1. The quantitative estimate of drug-likeness (QED) is 0.643. The molecule has 0 saturated carbocycles. The Balaban J connectivity index is 1.71. The summed E-state index contributed by atoms with van der Waals surface area (Å²) in [6.07, 6.45) is -0.309. The first-order valence-corrected chi connectivity index (χ1v) is 9.14. The van der Waals surface area contributed by atoms with Crippen molar-refractivity contribution in [2.24, 2.45) is 11.7 Å². The first kappa shape index (κ1) is 19.0. The minimum atomic E-state index is -1.24. The van der Waals surface area contributed by atoms with Gasteiger partial charge in [-0.3, -0.25) is 0 Å². The number of benzene rings is 3. The zero-order valence-corrected chi connectivity index (χ0v) is 15.3. The van der Waals surface area contributed by atoms with Crippen molar-refractivity contribution in [3.8, 4) is 22.9 Å². The Morgan fingerprint density at radius 2 is 1.72 bits per heavy atom. The number of fused-ring (bicyclic) bond motifs is 1. The first-order chi connectivity index (χ1) is 14.0. The van der Waals surface area contributed by atoms with Gasteiger partial charge < -0.3 is 10.5 Å². The van der Waals surface area contributed by atoms with E-state index in [1.807, 2.05) is 24.3 Å². The van der Waals surface area contributed by atoms with E-state index in [4.69, 9.17) is 15.7 Å². The summed E-state index contributed by atoms with van der Waals surface area (Å²) in [5, 5.41) is 9.10. The molecule has 0 saturated heterocycles. The van der Waals surface area contributed by atoms with Gasteiger partial charge >= 0.3 is 0 Å². The summed E-state index contributed by atoms with van der Waals surface area (Å²) in [6, 6.07) is 16.3. The van der Waals surface area contributed by atoms with E-state index in [-0.39, 0.29) is 18.0 Å². The number of nitrogens with two attached hydrogens (primary N) is 1. The third kappa shape index (κ3) is 3.57. The number of rotatable bonds is 3. The summed E-state index contributed by atoms with van der Waals surface area (Å²) in [5.74, 6) is -2.98. The van der Waals surface area contributed by atoms with Crippen molar-refractivity contribution in [1.82, 2.24) is 0 Å². The van der Waals surface area contributed by atoms with Crippen LogP contribution in [0.2, 0.25) is 0 Å². The van der Waals surface area contributed by atoms with Crippen LogP contribution in [0, 0.1) is 34.7 Å². The normalized spacial score (nSPS) is 17.9. The van der Waals surface area contributed by atoms with Gasteiger partial charge in [-0.25, -0.2) is 13.2 Å². The van der Waals surface area contributed by atoms with E-state index in [1.54, 1.807) is 18.2 Å². The van der Waals surface area contributed by atoms with Gasteiger partial charge in [0, 0.05) is 17.5 Å². The average Bonchev–Trinajstić information content (AvgIpc) is 2.75. The topological polar surface area (TPSA) is 59.0 Å². The highest BCUT2D eigenvalue weighted by molar-refractivity contribution is 5.67. The number of hydrogen-bond donors (Lipinski definition) is 1. The Labute approximate surface area is 166 Å². The summed E-state index contributed by atoms with van der Waals surface area (Å²) in [7, 11) is 0. The summed E-state index contributed by atoms with van der Waals surface area (Å²) >= 11 is 0. The Hall–Kier alpha value is -3.30. The lowest BCUT2D eigenvalue weighted by molar-refractivity contribution is 0.113. The standard InChI is InChI=1S/C23H17F3N2O/c24-19-10-21(26)20(25)9-18(19)23-17(12-28)8-16-7-15(4-5-22(16)29-23)14-3-1-2-13(6-14)11-27/h1-7,9-10,17,23H,8,12,28H2. The van der Waals surface area contributed by atoms with Gasteiger partial charge in [0.15, 0.2) is 11.6 Å². The van der Waals surface area contributed by atoms with E-state index >= 15 is 0 Å². The number of halogens is 3. The fourth-order valence-electron chi connectivity index (χ4n) is 3.70. The fraction of sp³-hybridized carbons (Fsp3) is 0.174. The second-order valence-corrected chi connectivity index (χ2v) is 7.04. The second-order valence-electron chi connectivity index (χ2n) is 7.04. The molecule has 0 aromatic heterocycles. The van der Waals surface area contributed by atoms with E-state index < -0.39 is 23.6 Å². The van der Waals surface area contributed by atoms with E-state index in [0.29, 0.717) is 23.8 Å². The Kier molecular flexibility index (Phi) is 4.99. The lowest BCUT2D eigenvalue weighted by atomic mass is 9.85. The molecule has 2 N–H and O–H groups in total. The van der Waals surface area contributed by atoms with Gasteiger partial charge in [-0.2, -0.15) is 5.26 Å². The Morgan fingerprint density at radius 3 is 2.48 bits per heavy atom. The molecule has 4 rings (SSSR count). The highest BCUT2D eigenvalue weighted by Gasteiger charge is 2.33. The van der Waals surface area contributed by atoms with Crippen molar-refractivity contribution in [2.45, 2.75) is 12.5 Å². The second kappa shape index (κ2) is 7.61. The monoisotopic (exact) mass is 394 g/mol. The van der Waals surface area contributed by atoms with Crippen LogP contribution in [0.3, 0.4) is 0 Å². The van der Waals surface area contributed by atoms with Gasteiger partial charge in [-0.05, 0) is 60.0 Å². The number of nitrogens with zero attached hydrogens (tertiary/aromatic N) is 1. The minimum Gasteiger partial charge on any atom is -0.485 e. The molecular weight excluding hydrogens is 377 g/mol. The van der Waals surface area contributed by atoms with Crippen LogP contribution in [-0.2, 0) is 6.42 Å². The molecule has 29 heavy (non-hydrogen) atoms. The predicted octanol–water partition coefficient (Wildman–Crippen LogP) is 4.89. The van der Waals surface area contributed by atoms with Gasteiger partial charge in [0.2, 0.25) is 0 Å². The minimum absolute atomic E-state index is 0.0456. The molecule has 0 spiro atoms. The summed E-state index contributed by atoms with van der Waals surface area (Å²) in [5.41, 5.74) is 9.10. The third-order valence-corrected chi connectivity index (χ3v) is 5.20. The van der Waals surface area contributed by atoms with Crippen molar-refractivity contribution < 1.29 is 17.9 Å². The van der Waals surface area contributed by atoms with E-state index in [2.05, 4.69) is 6.07 Å². The SMILES string of the molecule is N#Cc1cccc(-c2ccc3c(c2)CC(CN)C(c2cc(F)c(F)cc2F)O3)c1. The van der Waals surface area contributed by atoms with Gasteiger partial charge in [0.05, 0.1) is 11.6 Å². The van der Waals surface area contributed by atoms with E-state index in [0.717, 1.165) is 22.8 Å². The maximum Gasteiger partial charge on any atom is 0.161 e. The molecule has 3 nitrogen and oxygen atoms in total. The molecule has 0 bridgehead atoms. The van der Waals surface area contributed by atoms with Gasteiger partial charge in [-0.15, -0.1) is 0 Å². The largest absolute Gasteiger partial charge is 0.485 e. The summed E-state index contributed by atoms with van der Waals surface area (Å²) in [4.78, 5) is 0. The molecule has 3 aromatic rings. The third-order valence-electron chi connectivity index (χ3n) is 5.20. The maximum atomic E-state index is 14.3. The molecule has 2 atom stereocenters. The first-order valence-electron chi connectivity index (χ1n) is 9.14. The van der Waals surface area contributed by atoms with Crippen LogP contribution in [0.1, 0.15) is 22.8 Å². The average molecular weight is 394 g/mol. The van der Waals surface area contributed by atoms with Crippen LogP contribution >= 0.6 is 0 Å². The molecule has 0 radical (unpaired) electrons. The van der Waals surface area contributed by atoms with Gasteiger partial charge in [0.25, 0.3) is 0 Å². The molecule has 0 amide bonds. The zero-order valence-electron chi connectivity index (χ0n) is 15.3. The van der Waals surface area contributed by atoms with Crippen molar-refractivity contribution in [3.05, 3.63) is 88.7 Å². The molecule has 3 aromatic carbocycles. The van der Waals surface area contributed by atoms with Crippen molar-refractivity contribution in [2.75, 3.05) is 6.54 Å². The molecule has 6 heteroatoms. The molecule has 146 valence electrons. The maximum absolute atomic E-state index is 14.3. The summed E-state index contributed by atoms with van der Waals surface area (Å²) < 4.78 is 47.3. The molecule has 0 aliphatic carbocycles. The summed E-state index contributed by atoms with van der Waals surface area (Å²) in [6.45, 7) is 0.191. The highest BCUT2D eigenvalue weighted by Crippen LogP contribution is 2.41. The fourth-order valence-corrected chi connectivity index (χ4v) is 3.70. The predicted molar refractivity (Wildman–Crippen MR) is 103 cm³/mol. The molecule has 2 unspecified atom stereocenters. The molecule has 1 heterocycles. The van der Waals surface area contributed by atoms with E-state index in [9.17, 15) is 13.2 Å². The lowest BCUT2D eigenvalue weighted by Gasteiger charge is -2.34. The van der Waals surface area contributed by atoms with Crippen LogP contribution in [-0.4, -0.2) is 6.54 Å². The van der Waals surface area contributed by atoms with Crippen LogP contribution in [0.25, 0.3) is 11.1 Å². The van der Waals surface area contributed by atoms with Crippen LogP contribution < -0.4 is 10.5 Å². The van der Waals surface area contributed by atoms with Crippen molar-refractivity contribution in [1.29, 1.82) is 5.26 Å². The van der Waals surface area contributed by atoms with Crippen LogP contribution in [0.4, 0.5) is 13.2 Å². The highest BCUT2D eigenvalue weighted by atomic mass is 19.2.